The summed E-state index contributed by atoms with van der Waals surface area (Å²) in [6.45, 7) is 6.31. The Kier molecular flexibility index (Phi) is 3.97. The van der Waals surface area contributed by atoms with Crippen LogP contribution in [0.1, 0.15) is 43.9 Å². The molecule has 0 N–H and O–H groups in total. The van der Waals surface area contributed by atoms with Crippen LogP contribution in [-0.4, -0.2) is 60.6 Å². The molecule has 0 radical (unpaired) electrons. The number of likely N-dealkylation sites (tertiary alicyclic amines) is 1. The number of nitrogens with zero attached hydrogens (tertiary/aromatic N) is 4. The van der Waals surface area contributed by atoms with E-state index in [-0.39, 0.29) is 24.1 Å². The highest BCUT2D eigenvalue weighted by Crippen LogP contribution is 2.39. The fourth-order valence-electron chi connectivity index (χ4n) is 4.35. The number of fused-ring (bicyclic) bond motifs is 3. The third-order valence-corrected chi connectivity index (χ3v) is 7.82. The minimum absolute atomic E-state index is 0.0219. The summed E-state index contributed by atoms with van der Waals surface area (Å²) in [7, 11) is -3.27. The number of rotatable bonds is 1. The van der Waals surface area contributed by atoms with Gasteiger partial charge in [-0.2, -0.15) is 0 Å². The first kappa shape index (κ1) is 16.8. The molecule has 2 fully saturated rings. The maximum atomic E-state index is 12.6. The van der Waals surface area contributed by atoms with Crippen LogP contribution in [0, 0.1) is 5.92 Å². The van der Waals surface area contributed by atoms with Gasteiger partial charge in [0.2, 0.25) is 11.9 Å². The molecule has 0 saturated carbocycles. The van der Waals surface area contributed by atoms with Crippen LogP contribution in [0.15, 0.2) is 6.20 Å². The molecule has 0 unspecified atom stereocenters. The average molecular weight is 364 g/mol. The molecule has 25 heavy (non-hydrogen) atoms. The summed E-state index contributed by atoms with van der Waals surface area (Å²) in [5.74, 6) is 0.976. The zero-order valence-electron chi connectivity index (χ0n) is 14.7. The Morgan fingerprint density at radius 1 is 1.28 bits per heavy atom. The van der Waals surface area contributed by atoms with Crippen LogP contribution >= 0.6 is 0 Å². The molecule has 2 saturated heterocycles. The van der Waals surface area contributed by atoms with Gasteiger partial charge in [0.05, 0.1) is 16.7 Å². The van der Waals surface area contributed by atoms with E-state index >= 15 is 0 Å². The maximum Gasteiger partial charge on any atom is 0.225 e. The predicted octanol–water partition coefficient (Wildman–Crippen LogP) is 0.956. The third-order valence-electron chi connectivity index (χ3n) is 5.71. The van der Waals surface area contributed by atoms with Crippen LogP contribution < -0.4 is 4.90 Å². The van der Waals surface area contributed by atoms with Crippen LogP contribution in [-0.2, 0) is 20.4 Å². The van der Waals surface area contributed by atoms with Gasteiger partial charge in [-0.05, 0) is 18.8 Å². The molecule has 0 spiro atoms. The molecule has 3 aliphatic heterocycles. The molecular formula is C17H24N4O3S. The van der Waals surface area contributed by atoms with E-state index in [2.05, 4.69) is 16.8 Å². The number of carbonyl (C=O) groups is 1. The van der Waals surface area contributed by atoms with Gasteiger partial charge in [-0.1, -0.05) is 6.92 Å². The predicted molar refractivity (Wildman–Crippen MR) is 94.0 cm³/mol. The van der Waals surface area contributed by atoms with Gasteiger partial charge in [0.1, 0.15) is 0 Å². The number of hydrogen-bond donors (Lipinski definition) is 0. The molecule has 7 nitrogen and oxygen atoms in total. The quantitative estimate of drug-likeness (QED) is 0.738. The van der Waals surface area contributed by atoms with Crippen LogP contribution in [0.5, 0.6) is 0 Å². The second-order valence-electron chi connectivity index (χ2n) is 7.65. The lowest BCUT2D eigenvalue weighted by Gasteiger charge is -2.32. The number of anilines is 1. The number of sulfone groups is 1. The molecule has 3 aliphatic rings. The highest BCUT2D eigenvalue weighted by atomic mass is 32.2. The zero-order valence-corrected chi connectivity index (χ0v) is 15.5. The first-order valence-corrected chi connectivity index (χ1v) is 10.6. The molecule has 4 heterocycles. The Morgan fingerprint density at radius 3 is 2.80 bits per heavy atom. The van der Waals surface area contributed by atoms with E-state index in [9.17, 15) is 13.2 Å². The molecule has 3 atom stereocenters. The number of amides is 1. The molecule has 1 amide bonds. The van der Waals surface area contributed by atoms with Crippen molar-refractivity contribution in [1.29, 1.82) is 0 Å². The van der Waals surface area contributed by atoms with Crippen molar-refractivity contribution in [2.24, 2.45) is 5.92 Å². The summed E-state index contributed by atoms with van der Waals surface area (Å²) in [6.07, 6.45) is 4.03. The van der Waals surface area contributed by atoms with Crippen LogP contribution in [0.4, 0.5) is 5.95 Å². The second-order valence-corrected chi connectivity index (χ2v) is 9.87. The van der Waals surface area contributed by atoms with Crippen molar-refractivity contribution in [3.63, 3.8) is 0 Å². The molecule has 1 aromatic heterocycles. The smallest absolute Gasteiger partial charge is 0.225 e. The molecule has 1 aromatic rings. The second kappa shape index (κ2) is 5.93. The Bertz CT molecular complexity index is 810. The highest BCUT2D eigenvalue weighted by molar-refractivity contribution is 7.91. The van der Waals surface area contributed by atoms with Crippen molar-refractivity contribution in [3.05, 3.63) is 17.5 Å². The summed E-state index contributed by atoms with van der Waals surface area (Å²) in [5.41, 5.74) is 1.52. The minimum atomic E-state index is -3.27. The van der Waals surface area contributed by atoms with Gasteiger partial charge in [0.15, 0.2) is 9.84 Å². The standard InChI is InChI=1S/C17H24N4O3S/c1-11-4-3-5-20(7-11)17-18-6-13-10-25(23,24)15-9-21(12(2)22)8-14(15)16(13)19-17/h6,11,14-15H,3-5,7-10H2,1-2H3/t11-,14-,15+/m0/s1. The van der Waals surface area contributed by atoms with Gasteiger partial charge < -0.3 is 9.80 Å². The minimum Gasteiger partial charge on any atom is -0.341 e. The van der Waals surface area contributed by atoms with Crippen LogP contribution in [0.2, 0.25) is 0 Å². The molecule has 0 aromatic carbocycles. The lowest BCUT2D eigenvalue weighted by molar-refractivity contribution is -0.127. The van der Waals surface area contributed by atoms with Crippen molar-refractivity contribution >= 4 is 21.7 Å². The largest absolute Gasteiger partial charge is 0.341 e. The fraction of sp³-hybridized carbons (Fsp3) is 0.706. The summed E-state index contributed by atoms with van der Waals surface area (Å²) >= 11 is 0. The summed E-state index contributed by atoms with van der Waals surface area (Å²) < 4.78 is 25.2. The van der Waals surface area contributed by atoms with Crippen molar-refractivity contribution in [3.8, 4) is 0 Å². The van der Waals surface area contributed by atoms with Gasteiger partial charge in [-0.15, -0.1) is 0 Å². The highest BCUT2D eigenvalue weighted by Gasteiger charge is 2.48. The van der Waals surface area contributed by atoms with E-state index in [1.807, 2.05) is 0 Å². The van der Waals surface area contributed by atoms with E-state index in [0.717, 1.165) is 25.2 Å². The van der Waals surface area contributed by atoms with E-state index in [1.165, 1.54) is 13.3 Å². The van der Waals surface area contributed by atoms with Gasteiger partial charge in [0.25, 0.3) is 0 Å². The van der Waals surface area contributed by atoms with E-state index in [4.69, 9.17) is 4.98 Å². The monoisotopic (exact) mass is 364 g/mol. The maximum absolute atomic E-state index is 12.6. The van der Waals surface area contributed by atoms with Crippen molar-refractivity contribution in [2.45, 2.75) is 43.6 Å². The topological polar surface area (TPSA) is 83.5 Å². The summed E-state index contributed by atoms with van der Waals surface area (Å²) in [5, 5.41) is -0.535. The molecule has 0 bridgehead atoms. The van der Waals surface area contributed by atoms with Crippen LogP contribution in [0.3, 0.4) is 0 Å². The van der Waals surface area contributed by atoms with Gasteiger partial charge in [-0.3, -0.25) is 4.79 Å². The Hall–Kier alpha value is -1.70. The Balaban J connectivity index is 1.71. The van der Waals surface area contributed by atoms with E-state index in [1.54, 1.807) is 11.1 Å². The number of aromatic nitrogens is 2. The Morgan fingerprint density at radius 2 is 2.08 bits per heavy atom. The molecule has 136 valence electrons. The van der Waals surface area contributed by atoms with E-state index in [0.29, 0.717) is 24.0 Å². The molecule has 0 aliphatic carbocycles. The van der Waals surface area contributed by atoms with Crippen molar-refractivity contribution < 1.29 is 13.2 Å². The first-order chi connectivity index (χ1) is 11.8. The number of hydrogen-bond acceptors (Lipinski definition) is 6. The SMILES string of the molecule is CC(=O)N1C[C@@H]2c3nc(N4CCC[C@H](C)C4)ncc3CS(=O)(=O)[C@@H]2C1. The van der Waals surface area contributed by atoms with E-state index < -0.39 is 15.1 Å². The number of piperidine rings is 1. The van der Waals surface area contributed by atoms with Crippen LogP contribution in [0.25, 0.3) is 0 Å². The normalized spacial score (nSPS) is 30.7. The summed E-state index contributed by atoms with van der Waals surface area (Å²) in [6, 6.07) is 0. The van der Waals surface area contributed by atoms with Crippen molar-refractivity contribution in [1.82, 2.24) is 14.9 Å². The average Bonchev–Trinajstić information content (AvgIpc) is 3.01. The molecule has 8 heteroatoms. The zero-order chi connectivity index (χ0) is 17.8. The van der Waals surface area contributed by atoms with Gasteiger partial charge in [0, 0.05) is 50.8 Å². The van der Waals surface area contributed by atoms with Gasteiger partial charge >= 0.3 is 0 Å². The molecular weight excluding hydrogens is 340 g/mol. The fourth-order valence-corrected chi connectivity index (χ4v) is 6.34. The lowest BCUT2D eigenvalue weighted by atomic mass is 9.99. The summed E-state index contributed by atoms with van der Waals surface area (Å²) in [4.78, 5) is 24.8. The lowest BCUT2D eigenvalue weighted by Crippen LogP contribution is -2.38. The number of carbonyl (C=O) groups excluding carboxylic acids is 1. The van der Waals surface area contributed by atoms with Gasteiger partial charge in [-0.25, -0.2) is 18.4 Å². The molecule has 4 rings (SSSR count). The third kappa shape index (κ3) is 2.90. The Labute approximate surface area is 148 Å². The van der Waals surface area contributed by atoms with Crippen molar-refractivity contribution in [2.75, 3.05) is 31.1 Å². The first-order valence-electron chi connectivity index (χ1n) is 8.93.